The summed E-state index contributed by atoms with van der Waals surface area (Å²) in [5.41, 5.74) is 1.98. The zero-order valence-electron chi connectivity index (χ0n) is 31.5. The first kappa shape index (κ1) is 39.5. The van der Waals surface area contributed by atoms with Crippen LogP contribution < -0.4 is 5.32 Å². The molecule has 8 aliphatic rings. The molecule has 3 saturated carbocycles. The lowest BCUT2D eigenvalue weighted by molar-refractivity contribution is -0.305. The number of piperidine rings is 1. The summed E-state index contributed by atoms with van der Waals surface area (Å²) in [6.07, 6.45) is 1.08. The minimum absolute atomic E-state index is 0.0407. The van der Waals surface area contributed by atoms with Crippen molar-refractivity contribution in [3.8, 4) is 0 Å². The Labute approximate surface area is 307 Å². The molecule has 13 heteroatoms. The molecule has 21 atom stereocenters. The normalized spacial score (nSPS) is 57.1. The van der Waals surface area contributed by atoms with Gasteiger partial charge in [-0.1, -0.05) is 39.3 Å². The lowest BCUT2D eigenvalue weighted by Crippen LogP contribution is -2.58. The fourth-order valence-electron chi connectivity index (χ4n) is 12.3. The van der Waals surface area contributed by atoms with Gasteiger partial charge >= 0.3 is 0 Å². The van der Waals surface area contributed by atoms with Gasteiger partial charge in [-0.05, 0) is 105 Å². The van der Waals surface area contributed by atoms with Crippen LogP contribution in [0, 0.1) is 46.3 Å². The molecule has 4 saturated heterocycles. The standard InChI is InChI=1S/C33H53NO6.C6H12O6/c1-17-8-13-33(34-16-17)18(2)26-25(40-33)15-24-22-7-6-20-14-21(39-30-29(37)28(36)27(35)19(3)38-30)9-11-31(20,4)23(22)10-12-32(24,26)5;7-1-2-3(8)4(9)5(10)6(11)12-2/h6,17-19,21-30,34-37H,7-16H2,1-5H3;2-11H,1H2/t17-,18+,19+,21+,22-,23+,24+,25+,26+,27+,28-,29-,30+,31+,32+,33-;2-,3-,4+,5-,6-/m11/s1. The highest BCUT2D eigenvalue weighted by atomic mass is 16.7. The largest absolute Gasteiger partial charge is 0.394 e. The molecule has 0 aromatic heterocycles. The Hall–Kier alpha value is -0.780. The summed E-state index contributed by atoms with van der Waals surface area (Å²) < 4.78 is 23.7. The van der Waals surface area contributed by atoms with Crippen LogP contribution in [-0.2, 0) is 18.9 Å². The average molecular weight is 740 g/mol. The Morgan fingerprint density at radius 1 is 0.827 bits per heavy atom. The van der Waals surface area contributed by atoms with Crippen LogP contribution in [0.25, 0.3) is 0 Å². The quantitative estimate of drug-likeness (QED) is 0.185. The van der Waals surface area contributed by atoms with Gasteiger partial charge in [-0.25, -0.2) is 0 Å². The number of fused-ring (bicyclic) bond motifs is 7. The summed E-state index contributed by atoms with van der Waals surface area (Å²) in [7, 11) is 0. The van der Waals surface area contributed by atoms with Crippen LogP contribution in [0.3, 0.4) is 0 Å². The summed E-state index contributed by atoms with van der Waals surface area (Å²) in [6.45, 7) is 12.2. The molecule has 298 valence electrons. The number of nitrogens with one attached hydrogen (secondary N) is 1. The van der Waals surface area contributed by atoms with Crippen LogP contribution in [0.15, 0.2) is 11.6 Å². The molecule has 0 amide bonds. The van der Waals surface area contributed by atoms with Crippen molar-refractivity contribution in [1.29, 1.82) is 0 Å². The van der Waals surface area contributed by atoms with Crippen LogP contribution in [0.2, 0.25) is 0 Å². The molecular formula is C39H65NO12. The van der Waals surface area contributed by atoms with Gasteiger partial charge in [0.2, 0.25) is 0 Å². The molecule has 13 nitrogen and oxygen atoms in total. The number of aliphatic hydroxyl groups excluding tert-OH is 8. The Bertz CT molecular complexity index is 1290. The monoisotopic (exact) mass is 739 g/mol. The van der Waals surface area contributed by atoms with E-state index >= 15 is 0 Å². The predicted molar refractivity (Wildman–Crippen MR) is 187 cm³/mol. The highest BCUT2D eigenvalue weighted by Crippen LogP contribution is 2.70. The van der Waals surface area contributed by atoms with Crippen LogP contribution >= 0.6 is 0 Å². The van der Waals surface area contributed by atoms with Crippen molar-refractivity contribution in [1.82, 2.24) is 5.32 Å². The van der Waals surface area contributed by atoms with E-state index in [1.54, 1.807) is 6.92 Å². The maximum Gasteiger partial charge on any atom is 0.186 e. The van der Waals surface area contributed by atoms with Crippen LogP contribution in [-0.4, -0.2) is 133 Å². The second-order valence-corrected chi connectivity index (χ2v) is 18.3. The number of hydrogen-bond donors (Lipinski definition) is 9. The lowest BCUT2D eigenvalue weighted by Gasteiger charge is -2.59. The van der Waals surface area contributed by atoms with Gasteiger partial charge in [-0.3, -0.25) is 5.32 Å². The summed E-state index contributed by atoms with van der Waals surface area (Å²) in [5.74, 6) is 4.12. The Kier molecular flexibility index (Phi) is 11.1. The van der Waals surface area contributed by atoms with Crippen molar-refractivity contribution in [3.05, 3.63) is 11.6 Å². The Morgan fingerprint density at radius 2 is 1.56 bits per heavy atom. The summed E-state index contributed by atoms with van der Waals surface area (Å²) >= 11 is 0. The molecule has 0 aromatic rings. The van der Waals surface area contributed by atoms with Crippen LogP contribution in [0.4, 0.5) is 0 Å². The minimum atomic E-state index is -1.57. The predicted octanol–water partition coefficient (Wildman–Crippen LogP) is 0.917. The van der Waals surface area contributed by atoms with Crippen molar-refractivity contribution in [2.45, 2.75) is 172 Å². The molecule has 0 aromatic carbocycles. The lowest BCUT2D eigenvalue weighted by atomic mass is 9.47. The van der Waals surface area contributed by atoms with E-state index in [0.717, 1.165) is 56.4 Å². The first-order valence-electron chi connectivity index (χ1n) is 20.0. The molecule has 4 heterocycles. The molecule has 1 spiro atoms. The highest BCUT2D eigenvalue weighted by molar-refractivity contribution is 5.26. The van der Waals surface area contributed by atoms with Crippen molar-refractivity contribution >= 4 is 0 Å². The van der Waals surface area contributed by atoms with Gasteiger partial charge in [0.25, 0.3) is 0 Å². The van der Waals surface area contributed by atoms with E-state index in [1.165, 1.54) is 31.3 Å². The topological polar surface area (TPSA) is 211 Å². The fourth-order valence-corrected chi connectivity index (χ4v) is 12.3. The van der Waals surface area contributed by atoms with E-state index in [-0.39, 0.29) is 17.2 Å². The molecular weight excluding hydrogens is 674 g/mol. The number of hydrogen-bond acceptors (Lipinski definition) is 13. The van der Waals surface area contributed by atoms with E-state index in [2.05, 4.69) is 43.8 Å². The van der Waals surface area contributed by atoms with Crippen LogP contribution in [0.5, 0.6) is 0 Å². The van der Waals surface area contributed by atoms with E-state index in [1.807, 2.05) is 0 Å². The molecule has 0 radical (unpaired) electrons. The molecule has 52 heavy (non-hydrogen) atoms. The van der Waals surface area contributed by atoms with Crippen molar-refractivity contribution in [2.24, 2.45) is 46.3 Å². The van der Waals surface area contributed by atoms with Gasteiger partial charge in [-0.15, -0.1) is 0 Å². The van der Waals surface area contributed by atoms with E-state index in [9.17, 15) is 15.3 Å². The molecule has 4 aliphatic heterocycles. The third kappa shape index (κ3) is 6.45. The van der Waals surface area contributed by atoms with Crippen molar-refractivity contribution < 1.29 is 59.8 Å². The summed E-state index contributed by atoms with van der Waals surface area (Å²) in [4.78, 5) is 0. The zero-order chi connectivity index (χ0) is 37.5. The molecule has 0 bridgehead atoms. The van der Waals surface area contributed by atoms with E-state index < -0.39 is 68.0 Å². The summed E-state index contributed by atoms with van der Waals surface area (Å²) in [5, 5.41) is 79.3. The Morgan fingerprint density at radius 3 is 2.25 bits per heavy atom. The van der Waals surface area contributed by atoms with Gasteiger partial charge < -0.3 is 59.8 Å². The van der Waals surface area contributed by atoms with Gasteiger partial charge in [0, 0.05) is 12.5 Å². The second-order valence-electron chi connectivity index (χ2n) is 18.3. The van der Waals surface area contributed by atoms with Crippen molar-refractivity contribution in [3.63, 3.8) is 0 Å². The third-order valence-electron chi connectivity index (χ3n) is 15.5. The maximum atomic E-state index is 10.5. The van der Waals surface area contributed by atoms with Gasteiger partial charge in [0.1, 0.15) is 48.5 Å². The van der Waals surface area contributed by atoms with E-state index in [0.29, 0.717) is 29.3 Å². The zero-order valence-corrected chi connectivity index (χ0v) is 31.5. The first-order valence-corrected chi connectivity index (χ1v) is 20.0. The summed E-state index contributed by atoms with van der Waals surface area (Å²) in [6, 6.07) is 0. The highest BCUT2D eigenvalue weighted by Gasteiger charge is 2.68. The average Bonchev–Trinajstić information content (AvgIpc) is 3.57. The number of aliphatic hydroxyl groups is 8. The SMILES string of the molecule is C[C@@H]1CC[C@@]2(NC1)O[C@H]1C[C@H]3[C@@H]4CC=C5C[C@@H](O[C@@H]6O[C@@H](C)[C@H](O)[C@@H](O)[C@H]6O)CC[C@]5(C)[C@H]4CC[C@]3(C)[C@H]1[C@@H]2C.OC[C@H]1O[C@@H](O)[C@H](O)[C@@H](O)[C@@H]1O. The molecule has 4 aliphatic carbocycles. The second kappa shape index (κ2) is 14.6. The van der Waals surface area contributed by atoms with Gasteiger partial charge in [0.15, 0.2) is 12.6 Å². The van der Waals surface area contributed by atoms with Gasteiger partial charge in [0.05, 0.1) is 24.9 Å². The fraction of sp³-hybridized carbons (Fsp3) is 0.949. The molecule has 0 unspecified atom stereocenters. The van der Waals surface area contributed by atoms with E-state index in [4.69, 9.17) is 39.7 Å². The molecule has 8 rings (SSSR count). The number of ether oxygens (including phenoxy) is 4. The van der Waals surface area contributed by atoms with Crippen molar-refractivity contribution in [2.75, 3.05) is 13.2 Å². The number of rotatable bonds is 3. The van der Waals surface area contributed by atoms with Gasteiger partial charge in [-0.2, -0.15) is 0 Å². The molecule has 9 N–H and O–H groups in total. The molecule has 7 fully saturated rings. The first-order chi connectivity index (χ1) is 24.5. The smallest absolute Gasteiger partial charge is 0.186 e. The third-order valence-corrected chi connectivity index (χ3v) is 15.5. The Balaban J connectivity index is 0.000000300. The number of allylic oxidation sites excluding steroid dienone is 1. The minimum Gasteiger partial charge on any atom is -0.394 e. The van der Waals surface area contributed by atoms with Crippen LogP contribution in [0.1, 0.15) is 92.4 Å². The maximum absolute atomic E-state index is 10.5.